The van der Waals surface area contributed by atoms with Crippen molar-refractivity contribution in [2.75, 3.05) is 5.88 Å². The monoisotopic (exact) mass is 399 g/mol. The summed E-state index contributed by atoms with van der Waals surface area (Å²) in [5, 5.41) is 3.58. The first kappa shape index (κ1) is 16.1. The fourth-order valence-corrected chi connectivity index (χ4v) is 2.59. The summed E-state index contributed by atoms with van der Waals surface area (Å²) in [6.07, 6.45) is 0.766. The maximum absolute atomic E-state index is 12.2. The SMILES string of the molecule is CC(C)C(CCCl)NC(=O)c1cc(Cl)ccc1I. The molecule has 1 rings (SSSR count). The van der Waals surface area contributed by atoms with E-state index in [2.05, 4.69) is 41.8 Å². The van der Waals surface area contributed by atoms with Crippen LogP contribution >= 0.6 is 45.8 Å². The van der Waals surface area contributed by atoms with Gasteiger partial charge < -0.3 is 5.32 Å². The Morgan fingerprint density at radius 2 is 2.11 bits per heavy atom. The van der Waals surface area contributed by atoms with Crippen LogP contribution in [0.1, 0.15) is 30.6 Å². The molecule has 0 aliphatic heterocycles. The third-order valence-electron chi connectivity index (χ3n) is 2.71. The number of halogens is 3. The average Bonchev–Trinajstić information content (AvgIpc) is 2.31. The number of rotatable bonds is 5. The zero-order chi connectivity index (χ0) is 13.7. The molecule has 1 amide bonds. The van der Waals surface area contributed by atoms with Gasteiger partial charge in [0.1, 0.15) is 0 Å². The van der Waals surface area contributed by atoms with Gasteiger partial charge in [-0.25, -0.2) is 0 Å². The van der Waals surface area contributed by atoms with Crippen LogP contribution in [0.25, 0.3) is 0 Å². The summed E-state index contributed by atoms with van der Waals surface area (Å²) in [6.45, 7) is 4.14. The summed E-state index contributed by atoms with van der Waals surface area (Å²) >= 11 is 13.8. The van der Waals surface area contributed by atoms with Crippen molar-refractivity contribution < 1.29 is 4.79 Å². The lowest BCUT2D eigenvalue weighted by Crippen LogP contribution is -2.39. The van der Waals surface area contributed by atoms with Gasteiger partial charge in [-0.1, -0.05) is 25.4 Å². The Morgan fingerprint density at radius 3 is 2.67 bits per heavy atom. The lowest BCUT2D eigenvalue weighted by atomic mass is 10.0. The molecule has 0 aromatic heterocycles. The molecule has 0 radical (unpaired) electrons. The van der Waals surface area contributed by atoms with Crippen LogP contribution in [0.4, 0.5) is 0 Å². The summed E-state index contributed by atoms with van der Waals surface area (Å²) in [5.74, 6) is 0.797. The second-order valence-corrected chi connectivity index (χ2v) is 6.40. The van der Waals surface area contributed by atoms with E-state index in [1.54, 1.807) is 12.1 Å². The highest BCUT2D eigenvalue weighted by atomic mass is 127. The molecule has 0 aliphatic rings. The van der Waals surface area contributed by atoms with Crippen LogP contribution in [0.15, 0.2) is 18.2 Å². The van der Waals surface area contributed by atoms with Gasteiger partial charge in [-0.05, 0) is 53.1 Å². The normalized spacial score (nSPS) is 12.6. The average molecular weight is 400 g/mol. The number of benzene rings is 1. The molecule has 1 atom stereocenters. The number of carbonyl (C=O) groups excluding carboxylic acids is 1. The van der Waals surface area contributed by atoms with E-state index < -0.39 is 0 Å². The molecular weight excluding hydrogens is 384 g/mol. The third kappa shape index (κ3) is 4.59. The number of hydrogen-bond acceptors (Lipinski definition) is 1. The Hall–Kier alpha value is -0.000000000000000111. The van der Waals surface area contributed by atoms with Gasteiger partial charge in [0.15, 0.2) is 0 Å². The minimum absolute atomic E-state index is 0.0878. The third-order valence-corrected chi connectivity index (χ3v) is 4.11. The predicted octanol–water partition coefficient (Wildman–Crippen LogP) is 4.33. The molecule has 0 spiro atoms. The summed E-state index contributed by atoms with van der Waals surface area (Å²) in [5.41, 5.74) is 0.614. The molecule has 1 aromatic rings. The zero-order valence-corrected chi connectivity index (χ0v) is 14.0. The molecule has 1 aromatic carbocycles. The van der Waals surface area contributed by atoms with E-state index in [9.17, 15) is 4.79 Å². The van der Waals surface area contributed by atoms with E-state index in [0.717, 1.165) is 9.99 Å². The molecule has 5 heteroatoms. The van der Waals surface area contributed by atoms with Crippen molar-refractivity contribution in [3.8, 4) is 0 Å². The molecule has 0 saturated carbocycles. The number of carbonyl (C=O) groups is 1. The molecule has 18 heavy (non-hydrogen) atoms. The minimum atomic E-state index is -0.0919. The molecule has 0 heterocycles. The highest BCUT2D eigenvalue weighted by Crippen LogP contribution is 2.18. The molecule has 100 valence electrons. The summed E-state index contributed by atoms with van der Waals surface area (Å²) in [4.78, 5) is 12.2. The van der Waals surface area contributed by atoms with Crippen LogP contribution in [0.5, 0.6) is 0 Å². The van der Waals surface area contributed by atoms with Gasteiger partial charge in [-0.2, -0.15) is 0 Å². The van der Waals surface area contributed by atoms with Crippen molar-refractivity contribution in [1.29, 1.82) is 0 Å². The highest BCUT2D eigenvalue weighted by molar-refractivity contribution is 14.1. The van der Waals surface area contributed by atoms with Gasteiger partial charge in [0.25, 0.3) is 5.91 Å². The summed E-state index contributed by atoms with van der Waals surface area (Å²) < 4.78 is 0.892. The van der Waals surface area contributed by atoms with Crippen molar-refractivity contribution in [3.05, 3.63) is 32.4 Å². The Kier molecular flexibility index (Phi) is 6.74. The highest BCUT2D eigenvalue weighted by Gasteiger charge is 2.18. The maximum Gasteiger partial charge on any atom is 0.252 e. The largest absolute Gasteiger partial charge is 0.349 e. The van der Waals surface area contributed by atoms with Gasteiger partial charge in [-0.15, -0.1) is 11.6 Å². The van der Waals surface area contributed by atoms with Gasteiger partial charge in [0, 0.05) is 20.5 Å². The lowest BCUT2D eigenvalue weighted by molar-refractivity contribution is 0.0924. The molecule has 0 fully saturated rings. The van der Waals surface area contributed by atoms with E-state index in [0.29, 0.717) is 22.4 Å². The van der Waals surface area contributed by atoms with Crippen LogP contribution in [-0.2, 0) is 0 Å². The fourth-order valence-electron chi connectivity index (χ4n) is 1.61. The first-order chi connectivity index (χ1) is 8.45. The fraction of sp³-hybridized carbons (Fsp3) is 0.462. The molecule has 0 bridgehead atoms. The standard InChI is InChI=1S/C13H16Cl2INO/c1-8(2)12(5-6-14)17-13(18)10-7-9(15)3-4-11(10)16/h3-4,7-8,12H,5-6H2,1-2H3,(H,17,18). The molecular formula is C13H16Cl2INO. The molecule has 1 unspecified atom stereocenters. The van der Waals surface area contributed by atoms with Gasteiger partial charge in [-0.3, -0.25) is 4.79 Å². The molecule has 2 nitrogen and oxygen atoms in total. The smallest absolute Gasteiger partial charge is 0.252 e. The van der Waals surface area contributed by atoms with Gasteiger partial charge in [0.05, 0.1) is 5.56 Å². The van der Waals surface area contributed by atoms with Crippen molar-refractivity contribution in [3.63, 3.8) is 0 Å². The van der Waals surface area contributed by atoms with Gasteiger partial charge >= 0.3 is 0 Å². The Balaban J connectivity index is 2.83. The van der Waals surface area contributed by atoms with Crippen LogP contribution in [0.3, 0.4) is 0 Å². The van der Waals surface area contributed by atoms with Crippen LogP contribution in [0, 0.1) is 9.49 Å². The van der Waals surface area contributed by atoms with E-state index in [-0.39, 0.29) is 11.9 Å². The Morgan fingerprint density at radius 1 is 1.44 bits per heavy atom. The van der Waals surface area contributed by atoms with Crippen molar-refractivity contribution in [2.24, 2.45) is 5.92 Å². The minimum Gasteiger partial charge on any atom is -0.349 e. The zero-order valence-electron chi connectivity index (χ0n) is 10.3. The first-order valence-electron chi connectivity index (χ1n) is 5.77. The summed E-state index contributed by atoms with van der Waals surface area (Å²) in [7, 11) is 0. The van der Waals surface area contributed by atoms with E-state index >= 15 is 0 Å². The summed E-state index contributed by atoms with van der Waals surface area (Å²) in [6, 6.07) is 5.39. The second kappa shape index (κ2) is 7.56. The second-order valence-electron chi connectivity index (χ2n) is 4.43. The Bertz CT molecular complexity index is 423. The van der Waals surface area contributed by atoms with Crippen LogP contribution in [-0.4, -0.2) is 17.8 Å². The number of alkyl halides is 1. The number of hydrogen-bond donors (Lipinski definition) is 1. The van der Waals surface area contributed by atoms with E-state index in [1.165, 1.54) is 0 Å². The molecule has 0 saturated heterocycles. The lowest BCUT2D eigenvalue weighted by Gasteiger charge is -2.21. The quantitative estimate of drug-likeness (QED) is 0.579. The van der Waals surface area contributed by atoms with Crippen molar-refractivity contribution in [2.45, 2.75) is 26.3 Å². The topological polar surface area (TPSA) is 29.1 Å². The molecule has 1 N–H and O–H groups in total. The Labute approximate surface area is 132 Å². The van der Waals surface area contributed by atoms with Crippen molar-refractivity contribution in [1.82, 2.24) is 5.32 Å². The van der Waals surface area contributed by atoms with Gasteiger partial charge in [0.2, 0.25) is 0 Å². The number of nitrogens with one attached hydrogen (secondary N) is 1. The number of amides is 1. The van der Waals surface area contributed by atoms with Crippen molar-refractivity contribution >= 4 is 51.7 Å². The molecule has 0 aliphatic carbocycles. The van der Waals surface area contributed by atoms with E-state index in [4.69, 9.17) is 23.2 Å². The van der Waals surface area contributed by atoms with Crippen LogP contribution < -0.4 is 5.32 Å². The predicted molar refractivity (Wildman–Crippen MR) is 85.6 cm³/mol. The van der Waals surface area contributed by atoms with Crippen LogP contribution in [0.2, 0.25) is 5.02 Å². The maximum atomic E-state index is 12.2. The first-order valence-corrected chi connectivity index (χ1v) is 7.76. The van der Waals surface area contributed by atoms with E-state index in [1.807, 2.05) is 6.07 Å².